The summed E-state index contributed by atoms with van der Waals surface area (Å²) < 4.78 is 0. The molecule has 0 radical (unpaired) electrons. The molecule has 2 saturated heterocycles. The van der Waals surface area contributed by atoms with E-state index in [2.05, 4.69) is 42.9 Å². The van der Waals surface area contributed by atoms with E-state index in [0.29, 0.717) is 6.04 Å². The van der Waals surface area contributed by atoms with Crippen LogP contribution in [0.15, 0.2) is 22.5 Å². The van der Waals surface area contributed by atoms with Crippen LogP contribution in [0.3, 0.4) is 0 Å². The fourth-order valence-electron chi connectivity index (χ4n) is 5.11. The summed E-state index contributed by atoms with van der Waals surface area (Å²) in [6, 6.07) is 5.82. The maximum absolute atomic E-state index is 4.49. The van der Waals surface area contributed by atoms with Crippen LogP contribution in [0.1, 0.15) is 49.8 Å². The second-order valence-corrected chi connectivity index (χ2v) is 9.85. The Hall–Kier alpha value is -1.11. The van der Waals surface area contributed by atoms with Crippen molar-refractivity contribution in [2.45, 2.75) is 63.6 Å². The lowest BCUT2D eigenvalue weighted by molar-refractivity contribution is 0.179. The van der Waals surface area contributed by atoms with Gasteiger partial charge >= 0.3 is 0 Å². The van der Waals surface area contributed by atoms with E-state index in [1.165, 1.54) is 76.0 Å². The quantitative estimate of drug-likeness (QED) is 0.566. The number of rotatable bonds is 6. The molecule has 28 heavy (non-hydrogen) atoms. The minimum atomic E-state index is 0.555. The average molecular weight is 404 g/mol. The molecule has 2 N–H and O–H groups in total. The molecule has 5 nitrogen and oxygen atoms in total. The summed E-state index contributed by atoms with van der Waals surface area (Å²) in [6.45, 7) is 7.05. The van der Waals surface area contributed by atoms with Gasteiger partial charge in [0.2, 0.25) is 0 Å². The van der Waals surface area contributed by atoms with Crippen molar-refractivity contribution in [2.75, 3.05) is 39.8 Å². The molecule has 3 fully saturated rings. The molecular weight excluding hydrogens is 366 g/mol. The zero-order valence-electron chi connectivity index (χ0n) is 17.4. The average Bonchev–Trinajstić information content (AvgIpc) is 3.48. The van der Waals surface area contributed by atoms with Crippen molar-refractivity contribution in [3.63, 3.8) is 0 Å². The third-order valence-electron chi connectivity index (χ3n) is 6.85. The largest absolute Gasteiger partial charge is 0.356 e. The molecule has 0 aromatic carbocycles. The van der Waals surface area contributed by atoms with Gasteiger partial charge in [0.25, 0.3) is 0 Å². The Labute approximate surface area is 174 Å². The van der Waals surface area contributed by atoms with Crippen molar-refractivity contribution in [1.82, 2.24) is 20.4 Å². The van der Waals surface area contributed by atoms with Gasteiger partial charge in [-0.15, -0.1) is 11.3 Å². The highest BCUT2D eigenvalue weighted by atomic mass is 32.1. The van der Waals surface area contributed by atoms with E-state index in [0.717, 1.165) is 31.0 Å². The number of hydrogen-bond donors (Lipinski definition) is 2. The Morgan fingerprint density at radius 1 is 1.14 bits per heavy atom. The first-order valence-electron chi connectivity index (χ1n) is 11.3. The van der Waals surface area contributed by atoms with E-state index in [4.69, 9.17) is 0 Å². The van der Waals surface area contributed by atoms with E-state index >= 15 is 0 Å². The third-order valence-corrected chi connectivity index (χ3v) is 7.71. The Morgan fingerprint density at radius 2 is 1.96 bits per heavy atom. The zero-order valence-corrected chi connectivity index (χ0v) is 18.2. The molecule has 1 saturated carbocycles. The standard InChI is InChI=1S/C22H37N5S/c1-23-22(25-19-10-13-27(16-19)20-5-2-3-6-20)24-15-18-8-11-26(12-9-18)17-21-7-4-14-28-21/h4,7,14,18-20H,2-3,5-6,8-13,15-17H2,1H3,(H2,23,24,25). The van der Waals surface area contributed by atoms with Gasteiger partial charge in [0, 0.05) is 50.2 Å². The number of hydrogen-bond acceptors (Lipinski definition) is 4. The summed E-state index contributed by atoms with van der Waals surface area (Å²) in [5.41, 5.74) is 0. The Morgan fingerprint density at radius 3 is 2.68 bits per heavy atom. The highest BCUT2D eigenvalue weighted by molar-refractivity contribution is 7.09. The molecule has 0 amide bonds. The molecule has 0 spiro atoms. The SMILES string of the molecule is CN=C(NCC1CCN(Cc2cccs2)CC1)NC1CCN(C2CCCC2)C1. The van der Waals surface area contributed by atoms with Crippen molar-refractivity contribution in [3.8, 4) is 0 Å². The topological polar surface area (TPSA) is 42.9 Å². The van der Waals surface area contributed by atoms with Gasteiger partial charge in [0.15, 0.2) is 5.96 Å². The molecule has 3 heterocycles. The van der Waals surface area contributed by atoms with Crippen LogP contribution in [-0.2, 0) is 6.54 Å². The summed E-state index contributed by atoms with van der Waals surface area (Å²) in [7, 11) is 1.91. The summed E-state index contributed by atoms with van der Waals surface area (Å²) >= 11 is 1.88. The van der Waals surface area contributed by atoms with Gasteiger partial charge in [0.05, 0.1) is 0 Å². The number of nitrogens with zero attached hydrogens (tertiary/aromatic N) is 3. The van der Waals surface area contributed by atoms with Gasteiger partial charge in [0.1, 0.15) is 0 Å². The first-order valence-corrected chi connectivity index (χ1v) is 12.1. The number of nitrogens with one attached hydrogen (secondary N) is 2. The predicted molar refractivity (Wildman–Crippen MR) is 119 cm³/mol. The van der Waals surface area contributed by atoms with E-state index in [-0.39, 0.29) is 0 Å². The van der Waals surface area contributed by atoms with Crippen LogP contribution < -0.4 is 10.6 Å². The second-order valence-electron chi connectivity index (χ2n) is 8.82. The maximum atomic E-state index is 4.49. The van der Waals surface area contributed by atoms with Gasteiger partial charge in [-0.3, -0.25) is 14.8 Å². The highest BCUT2D eigenvalue weighted by Gasteiger charge is 2.30. The van der Waals surface area contributed by atoms with Gasteiger partial charge in [-0.1, -0.05) is 18.9 Å². The van der Waals surface area contributed by atoms with Crippen LogP contribution in [0.2, 0.25) is 0 Å². The van der Waals surface area contributed by atoms with Crippen molar-refractivity contribution in [1.29, 1.82) is 0 Å². The Balaban J connectivity index is 1.14. The lowest BCUT2D eigenvalue weighted by Gasteiger charge is -2.32. The number of guanidine groups is 1. The minimum Gasteiger partial charge on any atom is -0.356 e. The van der Waals surface area contributed by atoms with Crippen LogP contribution >= 0.6 is 11.3 Å². The first-order chi connectivity index (χ1) is 13.8. The molecule has 6 heteroatoms. The zero-order chi connectivity index (χ0) is 19.2. The number of aliphatic imine (C=N–C) groups is 1. The molecule has 0 bridgehead atoms. The first kappa shape index (κ1) is 20.2. The molecule has 1 aromatic rings. The Bertz CT molecular complexity index is 602. The van der Waals surface area contributed by atoms with Crippen LogP contribution in [0.5, 0.6) is 0 Å². The maximum Gasteiger partial charge on any atom is 0.191 e. The predicted octanol–water partition coefficient (Wildman–Crippen LogP) is 3.14. The van der Waals surface area contributed by atoms with Crippen molar-refractivity contribution in [3.05, 3.63) is 22.4 Å². The van der Waals surface area contributed by atoms with Gasteiger partial charge in [-0.2, -0.15) is 0 Å². The normalized spacial score (nSPS) is 26.2. The lowest BCUT2D eigenvalue weighted by atomic mass is 9.97. The van der Waals surface area contributed by atoms with E-state index < -0.39 is 0 Å². The Kier molecular flexibility index (Phi) is 7.26. The molecule has 3 aliphatic rings. The van der Waals surface area contributed by atoms with Gasteiger partial charge in [-0.05, 0) is 62.6 Å². The van der Waals surface area contributed by atoms with E-state index in [1.54, 1.807) is 0 Å². The summed E-state index contributed by atoms with van der Waals surface area (Å²) in [5, 5.41) is 9.48. The van der Waals surface area contributed by atoms with Crippen LogP contribution in [0, 0.1) is 5.92 Å². The summed E-state index contributed by atoms with van der Waals surface area (Å²) in [4.78, 5) is 11.3. The second kappa shape index (κ2) is 10.1. The molecule has 1 aromatic heterocycles. The van der Waals surface area contributed by atoms with Gasteiger partial charge in [-0.25, -0.2) is 0 Å². The number of piperidine rings is 1. The van der Waals surface area contributed by atoms with Crippen LogP contribution in [-0.4, -0.2) is 67.6 Å². The molecule has 1 unspecified atom stereocenters. The van der Waals surface area contributed by atoms with Crippen molar-refractivity contribution >= 4 is 17.3 Å². The van der Waals surface area contributed by atoms with Crippen LogP contribution in [0.4, 0.5) is 0 Å². The fraction of sp³-hybridized carbons (Fsp3) is 0.773. The van der Waals surface area contributed by atoms with Crippen molar-refractivity contribution in [2.24, 2.45) is 10.9 Å². The molecule has 156 valence electrons. The molecule has 1 atom stereocenters. The monoisotopic (exact) mass is 403 g/mol. The fourth-order valence-corrected chi connectivity index (χ4v) is 5.85. The molecule has 2 aliphatic heterocycles. The number of likely N-dealkylation sites (tertiary alicyclic amines) is 2. The lowest BCUT2D eigenvalue weighted by Crippen LogP contribution is -2.47. The molecule has 4 rings (SSSR count). The summed E-state index contributed by atoms with van der Waals surface area (Å²) in [6.07, 6.45) is 9.49. The third kappa shape index (κ3) is 5.49. The van der Waals surface area contributed by atoms with Crippen LogP contribution in [0.25, 0.3) is 0 Å². The molecule has 1 aliphatic carbocycles. The van der Waals surface area contributed by atoms with E-state index in [1.807, 2.05) is 18.4 Å². The highest BCUT2D eigenvalue weighted by Crippen LogP contribution is 2.26. The number of thiophene rings is 1. The molecular formula is C22H37N5S. The van der Waals surface area contributed by atoms with Gasteiger partial charge < -0.3 is 10.6 Å². The minimum absolute atomic E-state index is 0.555. The summed E-state index contributed by atoms with van der Waals surface area (Å²) in [5.74, 6) is 1.76. The smallest absolute Gasteiger partial charge is 0.191 e. The van der Waals surface area contributed by atoms with E-state index in [9.17, 15) is 0 Å². The van der Waals surface area contributed by atoms with Crippen molar-refractivity contribution < 1.29 is 0 Å².